The summed E-state index contributed by atoms with van der Waals surface area (Å²) < 4.78 is 2.38. The zero-order chi connectivity index (χ0) is 9.26. The number of aromatic nitrogens is 4. The Morgan fingerprint density at radius 3 is 3.08 bits per heavy atom. The zero-order valence-corrected chi connectivity index (χ0v) is 8.42. The number of hydrogen-bond acceptors (Lipinski definition) is 4. The number of tetrazole rings is 1. The average molecular weight is 199 g/mol. The molecular formula is C7H13N5S. The van der Waals surface area contributed by atoms with Crippen molar-refractivity contribution in [2.24, 2.45) is 5.92 Å². The van der Waals surface area contributed by atoms with Crippen LogP contribution < -0.4 is 0 Å². The molecule has 1 fully saturated rings. The van der Waals surface area contributed by atoms with Crippen LogP contribution in [0.25, 0.3) is 0 Å². The van der Waals surface area contributed by atoms with Gasteiger partial charge in [-0.25, -0.2) is 4.68 Å². The number of H-pyrrole nitrogens is 1. The molecule has 5 nitrogen and oxygen atoms in total. The van der Waals surface area contributed by atoms with Crippen LogP contribution in [-0.4, -0.2) is 45.2 Å². The Morgan fingerprint density at radius 2 is 2.54 bits per heavy atom. The molecule has 1 aromatic rings. The molecule has 6 heteroatoms. The predicted molar refractivity (Wildman–Crippen MR) is 50.8 cm³/mol. The first kappa shape index (κ1) is 8.83. The smallest absolute Gasteiger partial charge is 0.238 e. The van der Waals surface area contributed by atoms with E-state index in [1.54, 1.807) is 0 Å². The highest BCUT2D eigenvalue weighted by molar-refractivity contribution is 7.71. The average Bonchev–Trinajstić information content (AvgIpc) is 2.64. The molecule has 2 rings (SSSR count). The minimum absolute atomic E-state index is 0.551. The van der Waals surface area contributed by atoms with Crippen molar-refractivity contribution in [3.05, 3.63) is 4.77 Å². The first-order chi connectivity index (χ1) is 6.25. The molecule has 2 heterocycles. The van der Waals surface area contributed by atoms with Gasteiger partial charge in [0, 0.05) is 13.1 Å². The normalized spacial score (nSPS) is 23.9. The Balaban J connectivity index is 1.99. The molecule has 1 atom stereocenters. The van der Waals surface area contributed by atoms with E-state index in [9.17, 15) is 0 Å². The number of aromatic amines is 1. The lowest BCUT2D eigenvalue weighted by Crippen LogP contribution is -2.17. The Bertz CT molecular complexity index is 330. The van der Waals surface area contributed by atoms with Gasteiger partial charge < -0.3 is 4.90 Å². The van der Waals surface area contributed by atoms with E-state index in [0.717, 1.165) is 13.1 Å². The molecule has 13 heavy (non-hydrogen) atoms. The summed E-state index contributed by atoms with van der Waals surface area (Å²) in [4.78, 5) is 2.33. The molecule has 0 saturated carbocycles. The van der Waals surface area contributed by atoms with E-state index in [1.165, 1.54) is 13.0 Å². The number of nitrogens with one attached hydrogen (secondary N) is 1. The largest absolute Gasteiger partial charge is 0.306 e. The molecule has 0 spiro atoms. The molecule has 0 aromatic carbocycles. The van der Waals surface area contributed by atoms with E-state index in [-0.39, 0.29) is 0 Å². The monoisotopic (exact) mass is 199 g/mol. The molecule has 0 radical (unpaired) electrons. The number of rotatable bonds is 2. The first-order valence-electron chi connectivity index (χ1n) is 4.42. The Hall–Kier alpha value is -0.750. The van der Waals surface area contributed by atoms with Crippen molar-refractivity contribution in [1.29, 1.82) is 0 Å². The van der Waals surface area contributed by atoms with Crippen LogP contribution in [0.1, 0.15) is 6.42 Å². The lowest BCUT2D eigenvalue weighted by Gasteiger charge is -2.09. The van der Waals surface area contributed by atoms with E-state index >= 15 is 0 Å². The van der Waals surface area contributed by atoms with E-state index < -0.39 is 0 Å². The van der Waals surface area contributed by atoms with Gasteiger partial charge in [0.1, 0.15) is 0 Å². The van der Waals surface area contributed by atoms with Gasteiger partial charge in [0.2, 0.25) is 4.77 Å². The van der Waals surface area contributed by atoms with Crippen LogP contribution in [0.4, 0.5) is 0 Å². The van der Waals surface area contributed by atoms with Gasteiger partial charge in [-0.05, 0) is 38.1 Å². The van der Waals surface area contributed by atoms with E-state index in [4.69, 9.17) is 12.2 Å². The zero-order valence-electron chi connectivity index (χ0n) is 7.60. The van der Waals surface area contributed by atoms with Crippen molar-refractivity contribution in [1.82, 2.24) is 25.1 Å². The molecular weight excluding hydrogens is 186 g/mol. The second-order valence-electron chi connectivity index (χ2n) is 3.61. The molecule has 1 aliphatic rings. The van der Waals surface area contributed by atoms with Crippen LogP contribution in [0.2, 0.25) is 0 Å². The number of likely N-dealkylation sites (tertiary alicyclic amines) is 1. The fourth-order valence-corrected chi connectivity index (χ4v) is 1.92. The van der Waals surface area contributed by atoms with Crippen LogP contribution in [0, 0.1) is 10.7 Å². The van der Waals surface area contributed by atoms with Gasteiger partial charge in [0.25, 0.3) is 0 Å². The summed E-state index contributed by atoms with van der Waals surface area (Å²) >= 11 is 4.99. The maximum absolute atomic E-state index is 4.99. The highest BCUT2D eigenvalue weighted by atomic mass is 32.1. The minimum Gasteiger partial charge on any atom is -0.306 e. The maximum Gasteiger partial charge on any atom is 0.238 e. The van der Waals surface area contributed by atoms with E-state index in [1.807, 2.05) is 4.68 Å². The number of hydrogen-bond donors (Lipinski definition) is 1. The molecule has 1 aromatic heterocycles. The Morgan fingerprint density at radius 1 is 1.69 bits per heavy atom. The molecule has 1 unspecified atom stereocenters. The van der Waals surface area contributed by atoms with Gasteiger partial charge in [0.15, 0.2) is 0 Å². The molecule has 1 aliphatic heterocycles. The third kappa shape index (κ3) is 1.94. The standard InChI is InChI=1S/C7H13N5S/c1-11-3-2-6(4-11)5-12-7(13)8-9-10-12/h6H,2-5H2,1H3,(H,8,10,13). The summed E-state index contributed by atoms with van der Waals surface area (Å²) in [6.07, 6.45) is 1.23. The second kappa shape index (κ2) is 3.55. The van der Waals surface area contributed by atoms with Crippen molar-refractivity contribution in [2.75, 3.05) is 20.1 Å². The number of nitrogens with zero attached hydrogens (tertiary/aromatic N) is 4. The predicted octanol–water partition coefficient (Wildman–Crippen LogP) is 0.287. The van der Waals surface area contributed by atoms with Crippen molar-refractivity contribution in [3.8, 4) is 0 Å². The first-order valence-corrected chi connectivity index (χ1v) is 4.83. The molecule has 1 saturated heterocycles. The quantitative estimate of drug-likeness (QED) is 0.695. The van der Waals surface area contributed by atoms with Crippen LogP contribution in [0.3, 0.4) is 0 Å². The second-order valence-corrected chi connectivity index (χ2v) is 3.98. The highest BCUT2D eigenvalue weighted by Crippen LogP contribution is 2.15. The molecule has 0 amide bonds. The van der Waals surface area contributed by atoms with Crippen LogP contribution in [0.5, 0.6) is 0 Å². The minimum atomic E-state index is 0.551. The molecule has 1 N–H and O–H groups in total. The maximum atomic E-state index is 4.99. The van der Waals surface area contributed by atoms with Gasteiger partial charge in [-0.2, -0.15) is 5.21 Å². The van der Waals surface area contributed by atoms with Gasteiger partial charge >= 0.3 is 0 Å². The van der Waals surface area contributed by atoms with Crippen molar-refractivity contribution >= 4 is 12.2 Å². The van der Waals surface area contributed by atoms with Crippen LogP contribution >= 0.6 is 12.2 Å². The van der Waals surface area contributed by atoms with Gasteiger partial charge in [-0.15, -0.1) is 0 Å². The summed E-state index contributed by atoms with van der Waals surface area (Å²) in [5.41, 5.74) is 0. The molecule has 72 valence electrons. The summed E-state index contributed by atoms with van der Waals surface area (Å²) in [7, 11) is 2.14. The summed E-state index contributed by atoms with van der Waals surface area (Å²) in [6, 6.07) is 0. The Kier molecular flexibility index (Phi) is 2.41. The lowest BCUT2D eigenvalue weighted by molar-refractivity contribution is 0.366. The third-order valence-electron chi connectivity index (χ3n) is 2.46. The lowest BCUT2D eigenvalue weighted by atomic mass is 10.1. The van der Waals surface area contributed by atoms with Crippen molar-refractivity contribution in [3.63, 3.8) is 0 Å². The summed E-state index contributed by atoms with van der Waals surface area (Å²) in [6.45, 7) is 3.23. The Labute approximate surface area is 81.7 Å². The van der Waals surface area contributed by atoms with E-state index in [2.05, 4.69) is 27.5 Å². The van der Waals surface area contributed by atoms with Gasteiger partial charge in [-0.1, -0.05) is 10.3 Å². The van der Waals surface area contributed by atoms with Crippen molar-refractivity contribution in [2.45, 2.75) is 13.0 Å². The molecule has 0 aliphatic carbocycles. The third-order valence-corrected chi connectivity index (χ3v) is 2.76. The molecule has 0 bridgehead atoms. The highest BCUT2D eigenvalue weighted by Gasteiger charge is 2.20. The van der Waals surface area contributed by atoms with Crippen molar-refractivity contribution < 1.29 is 0 Å². The summed E-state index contributed by atoms with van der Waals surface area (Å²) in [5, 5.41) is 10.2. The van der Waals surface area contributed by atoms with Gasteiger partial charge in [-0.3, -0.25) is 0 Å². The fraction of sp³-hybridized carbons (Fsp3) is 0.857. The van der Waals surface area contributed by atoms with Crippen LogP contribution in [0.15, 0.2) is 0 Å². The topological polar surface area (TPSA) is 49.7 Å². The van der Waals surface area contributed by atoms with Gasteiger partial charge in [0.05, 0.1) is 0 Å². The summed E-state index contributed by atoms with van der Waals surface area (Å²) in [5.74, 6) is 0.680. The fourth-order valence-electron chi connectivity index (χ4n) is 1.77. The van der Waals surface area contributed by atoms with Crippen LogP contribution in [-0.2, 0) is 6.54 Å². The van der Waals surface area contributed by atoms with E-state index in [0.29, 0.717) is 10.7 Å². The SMILES string of the molecule is CN1CCC(Cn2[nH]nnc2=S)C1.